The first-order valence-corrected chi connectivity index (χ1v) is 20.7. The zero-order chi connectivity index (χ0) is 42.0. The third-order valence-corrected chi connectivity index (χ3v) is 11.1. The quantitative estimate of drug-likeness (QED) is 0.114. The number of nitrogens with zero attached hydrogens (tertiary/aromatic N) is 3. The molecule has 60 heavy (non-hydrogen) atoms. The van der Waals surface area contributed by atoms with Crippen LogP contribution >= 0.6 is 0 Å². The van der Waals surface area contributed by atoms with Crippen LogP contribution in [0.15, 0.2) is 108 Å². The number of rotatable bonds is 13. The van der Waals surface area contributed by atoms with Crippen LogP contribution in [0.4, 0.5) is 5.69 Å². The lowest BCUT2D eigenvalue weighted by Crippen LogP contribution is -2.52. The lowest BCUT2D eigenvalue weighted by molar-refractivity contribution is -0.138. The van der Waals surface area contributed by atoms with Gasteiger partial charge in [0.1, 0.15) is 6.04 Å². The molecule has 4 aromatic rings. The molecule has 8 rings (SSSR count). The lowest BCUT2D eigenvalue weighted by Gasteiger charge is -2.29. The molecule has 3 N–H and O–H groups in total. The number of carbonyl (C=O) groups excluding carboxylic acids is 6. The second kappa shape index (κ2) is 19.4. The van der Waals surface area contributed by atoms with Gasteiger partial charge < -0.3 is 25.2 Å². The van der Waals surface area contributed by atoms with Crippen molar-refractivity contribution in [3.8, 4) is 0 Å². The molecule has 0 bridgehead atoms. The topological polar surface area (TPSA) is 167 Å². The number of aliphatic imine (C=N–C) groups is 1. The molecular formula is C47H50N6O7. The largest absolute Gasteiger partial charge is 0.466 e. The first-order valence-electron chi connectivity index (χ1n) is 20.7. The molecule has 0 aliphatic carbocycles. The predicted octanol–water partition coefficient (Wildman–Crippen LogP) is 5.77. The van der Waals surface area contributed by atoms with E-state index in [0.717, 1.165) is 42.4 Å². The summed E-state index contributed by atoms with van der Waals surface area (Å²) in [6.07, 6.45) is 4.30. The molecule has 4 aliphatic rings. The van der Waals surface area contributed by atoms with Gasteiger partial charge in [0.05, 0.1) is 6.54 Å². The standard InChI is InChI=1S/C40H42N6O7.C7H8/c47-32(42-30-17-11-16-28-29(30)23-46(39(28)51)31-19-20-33(48)43-37(31)50)18-7-2-1-3-10-21-41-34(49)24-45-22-26-14-8-9-15-27(26)36-35(40(45)52)44-38(53-36)25-12-5-4-6-13-25;1-7-5-3-2-4-6-7/h4-6,8-9,11-17,31,35-36H,1-3,7,10,18-24H2,(H,41,49)(H,42,47)(H,43,48,50);2-6H,1H3. The number of aryl methyl sites for hydroxylation is 1. The molecule has 0 radical (unpaired) electrons. The molecule has 4 aromatic carbocycles. The Morgan fingerprint density at radius 2 is 1.52 bits per heavy atom. The molecule has 0 spiro atoms. The Labute approximate surface area is 349 Å². The van der Waals surface area contributed by atoms with Crippen molar-refractivity contribution in [3.05, 3.63) is 137 Å². The third kappa shape index (κ3) is 9.96. The summed E-state index contributed by atoms with van der Waals surface area (Å²) < 4.78 is 6.24. The van der Waals surface area contributed by atoms with Gasteiger partial charge in [-0.1, -0.05) is 104 Å². The van der Waals surface area contributed by atoms with Crippen molar-refractivity contribution in [2.45, 2.75) is 89.6 Å². The monoisotopic (exact) mass is 810 g/mol. The summed E-state index contributed by atoms with van der Waals surface area (Å²) in [6.45, 7) is 2.98. The van der Waals surface area contributed by atoms with Crippen LogP contribution in [-0.4, -0.2) is 76.3 Å². The number of hydrogen-bond donors (Lipinski definition) is 3. The zero-order valence-corrected chi connectivity index (χ0v) is 33.7. The van der Waals surface area contributed by atoms with Crippen LogP contribution in [0.2, 0.25) is 0 Å². The van der Waals surface area contributed by atoms with Crippen molar-refractivity contribution < 1.29 is 33.5 Å². The Morgan fingerprint density at radius 3 is 2.27 bits per heavy atom. The minimum Gasteiger partial charge on any atom is -0.466 e. The zero-order valence-electron chi connectivity index (χ0n) is 33.7. The average Bonchev–Trinajstić information content (AvgIpc) is 3.82. The highest BCUT2D eigenvalue weighted by Gasteiger charge is 2.44. The van der Waals surface area contributed by atoms with Gasteiger partial charge in [0.2, 0.25) is 29.5 Å². The van der Waals surface area contributed by atoms with Gasteiger partial charge in [-0.2, -0.15) is 0 Å². The molecule has 1 saturated heterocycles. The molecule has 0 aromatic heterocycles. The number of ether oxygens (including phenoxy) is 1. The number of imide groups is 1. The lowest BCUT2D eigenvalue weighted by atomic mass is 9.99. The Bertz CT molecular complexity index is 2260. The van der Waals surface area contributed by atoms with Crippen LogP contribution in [0.1, 0.15) is 95.6 Å². The minimum atomic E-state index is -0.767. The van der Waals surface area contributed by atoms with E-state index in [9.17, 15) is 28.8 Å². The van der Waals surface area contributed by atoms with E-state index < -0.39 is 24.1 Å². The smallest absolute Gasteiger partial charge is 0.255 e. The maximum Gasteiger partial charge on any atom is 0.255 e. The van der Waals surface area contributed by atoms with Gasteiger partial charge in [0, 0.05) is 60.4 Å². The van der Waals surface area contributed by atoms with E-state index in [-0.39, 0.29) is 55.5 Å². The summed E-state index contributed by atoms with van der Waals surface area (Å²) in [7, 11) is 0. The fraction of sp³-hybridized carbons (Fsp3) is 0.340. The molecule has 310 valence electrons. The van der Waals surface area contributed by atoms with Gasteiger partial charge in [0.25, 0.3) is 11.8 Å². The van der Waals surface area contributed by atoms with Crippen LogP contribution in [0, 0.1) is 6.92 Å². The van der Waals surface area contributed by atoms with Crippen molar-refractivity contribution in [2.75, 3.05) is 18.4 Å². The van der Waals surface area contributed by atoms with Crippen LogP contribution in [0.25, 0.3) is 0 Å². The summed E-state index contributed by atoms with van der Waals surface area (Å²) in [5.74, 6) is -1.30. The van der Waals surface area contributed by atoms with E-state index in [4.69, 9.17) is 4.74 Å². The molecule has 1 fully saturated rings. The van der Waals surface area contributed by atoms with Crippen LogP contribution < -0.4 is 16.0 Å². The molecule has 4 heterocycles. The number of anilines is 1. The minimum absolute atomic E-state index is 0.0740. The second-order valence-corrected chi connectivity index (χ2v) is 15.5. The SMILES string of the molecule is Cc1ccccc1.O=C(CN1Cc2ccccc2C2OC(c3ccccc3)=NC2C1=O)NCCCCCCCC(=O)Nc1cccc2c1CN(C1CCC(=O)NC1=O)C2=O. The van der Waals surface area contributed by atoms with Gasteiger partial charge in [-0.3, -0.25) is 34.1 Å². The number of nitrogens with one attached hydrogen (secondary N) is 3. The maximum absolute atomic E-state index is 13.7. The summed E-state index contributed by atoms with van der Waals surface area (Å²) in [4.78, 5) is 84.1. The van der Waals surface area contributed by atoms with E-state index in [0.29, 0.717) is 48.6 Å². The van der Waals surface area contributed by atoms with Gasteiger partial charge in [-0.15, -0.1) is 0 Å². The van der Waals surface area contributed by atoms with E-state index in [1.54, 1.807) is 23.1 Å². The van der Waals surface area contributed by atoms with E-state index in [1.807, 2.05) is 72.8 Å². The van der Waals surface area contributed by atoms with Gasteiger partial charge in [0.15, 0.2) is 12.1 Å². The average molecular weight is 811 g/mol. The molecular weight excluding hydrogens is 761 g/mol. The fourth-order valence-corrected chi connectivity index (χ4v) is 7.96. The first-order chi connectivity index (χ1) is 29.2. The van der Waals surface area contributed by atoms with Crippen molar-refractivity contribution >= 4 is 47.0 Å². The van der Waals surface area contributed by atoms with Crippen molar-refractivity contribution in [2.24, 2.45) is 4.99 Å². The summed E-state index contributed by atoms with van der Waals surface area (Å²) in [6, 6.07) is 31.2. The fourth-order valence-electron chi connectivity index (χ4n) is 7.96. The Balaban J connectivity index is 0.000000706. The molecule has 3 unspecified atom stereocenters. The highest BCUT2D eigenvalue weighted by molar-refractivity contribution is 6.07. The van der Waals surface area contributed by atoms with Crippen molar-refractivity contribution in [3.63, 3.8) is 0 Å². The van der Waals surface area contributed by atoms with Crippen LogP contribution in [0.5, 0.6) is 0 Å². The maximum atomic E-state index is 13.7. The number of amides is 6. The summed E-state index contributed by atoms with van der Waals surface area (Å²) in [5, 5.41) is 8.19. The second-order valence-electron chi connectivity index (χ2n) is 15.5. The van der Waals surface area contributed by atoms with E-state index in [1.165, 1.54) is 10.5 Å². The highest BCUT2D eigenvalue weighted by Crippen LogP contribution is 2.37. The molecule has 4 aliphatic heterocycles. The number of benzene rings is 4. The summed E-state index contributed by atoms with van der Waals surface area (Å²) >= 11 is 0. The molecule has 0 saturated carbocycles. The Hall–Kier alpha value is -6.63. The number of hydrogen-bond acceptors (Lipinski definition) is 8. The van der Waals surface area contributed by atoms with E-state index in [2.05, 4.69) is 40.0 Å². The van der Waals surface area contributed by atoms with Gasteiger partial charge in [-0.25, -0.2) is 4.99 Å². The number of carbonyl (C=O) groups is 6. The summed E-state index contributed by atoms with van der Waals surface area (Å²) in [5.41, 5.74) is 5.63. The van der Waals surface area contributed by atoms with Gasteiger partial charge in [-0.05, 0) is 56.0 Å². The molecule has 6 amide bonds. The van der Waals surface area contributed by atoms with E-state index >= 15 is 0 Å². The molecule has 3 atom stereocenters. The van der Waals surface area contributed by atoms with Crippen molar-refractivity contribution in [1.29, 1.82) is 0 Å². The number of unbranched alkanes of at least 4 members (excludes halogenated alkanes) is 4. The highest BCUT2D eigenvalue weighted by atomic mass is 16.5. The Kier molecular flexibility index (Phi) is 13.4. The normalized spacial score (nSPS) is 19.1. The third-order valence-electron chi connectivity index (χ3n) is 11.1. The van der Waals surface area contributed by atoms with Crippen LogP contribution in [-0.2, 0) is 41.8 Å². The number of fused-ring (bicyclic) bond motifs is 4. The first kappa shape index (κ1) is 41.5. The molecule has 13 heteroatoms. The Morgan fingerprint density at radius 1 is 0.800 bits per heavy atom. The predicted molar refractivity (Wildman–Crippen MR) is 225 cm³/mol. The molecule has 13 nitrogen and oxygen atoms in total. The van der Waals surface area contributed by atoms with Gasteiger partial charge >= 0.3 is 0 Å². The number of piperidine rings is 1. The van der Waals surface area contributed by atoms with Crippen LogP contribution in [0.3, 0.4) is 0 Å². The van der Waals surface area contributed by atoms with Crippen molar-refractivity contribution in [1.82, 2.24) is 20.4 Å².